The fraction of sp³-hybridized carbons (Fsp3) is 0.174. The predicted molar refractivity (Wildman–Crippen MR) is 124 cm³/mol. The summed E-state index contributed by atoms with van der Waals surface area (Å²) in [5.74, 6) is -1.08. The van der Waals surface area contributed by atoms with Crippen LogP contribution in [0.1, 0.15) is 29.7 Å². The normalized spacial score (nSPS) is 21.7. The molecule has 0 saturated carbocycles. The van der Waals surface area contributed by atoms with Crippen LogP contribution in [0.4, 0.5) is 5.13 Å². The van der Waals surface area contributed by atoms with Crippen LogP contribution in [0.25, 0.3) is 5.76 Å². The van der Waals surface area contributed by atoms with Gasteiger partial charge in [-0.15, -0.1) is 11.3 Å². The number of benzene rings is 2. The Morgan fingerprint density at radius 3 is 2.72 bits per heavy atom. The van der Waals surface area contributed by atoms with Crippen molar-refractivity contribution in [3.63, 3.8) is 0 Å². The third-order valence-corrected chi connectivity index (χ3v) is 7.01. The molecule has 1 saturated heterocycles. The third-order valence-electron chi connectivity index (χ3n) is 5.50. The lowest BCUT2D eigenvalue weighted by Gasteiger charge is -2.23. The second kappa shape index (κ2) is 7.92. The van der Waals surface area contributed by atoms with Crippen molar-refractivity contribution in [3.8, 4) is 5.75 Å². The van der Waals surface area contributed by atoms with Gasteiger partial charge in [0.25, 0.3) is 5.78 Å². The second-order valence-electron chi connectivity index (χ2n) is 7.61. The number of aromatic nitrogens is 1. The van der Waals surface area contributed by atoms with Gasteiger partial charge < -0.3 is 9.84 Å². The van der Waals surface area contributed by atoms with Crippen LogP contribution in [0.5, 0.6) is 5.75 Å². The molecule has 0 spiro atoms. The number of hydrogen-bond acceptors (Lipinski definition) is 6. The van der Waals surface area contributed by atoms with Crippen LogP contribution in [0.15, 0.2) is 53.5 Å². The van der Waals surface area contributed by atoms with Crippen LogP contribution in [0.2, 0.25) is 10.0 Å². The molecule has 3 heterocycles. The molecule has 6 nitrogen and oxygen atoms in total. The summed E-state index contributed by atoms with van der Waals surface area (Å²) in [4.78, 5) is 31.7. The van der Waals surface area contributed by atoms with Crippen molar-refractivity contribution < 1.29 is 19.4 Å². The number of ether oxygens (including phenoxy) is 1. The van der Waals surface area contributed by atoms with Crippen molar-refractivity contribution in [1.29, 1.82) is 0 Å². The number of hydrogen-bond donors (Lipinski definition) is 1. The van der Waals surface area contributed by atoms with Crippen molar-refractivity contribution in [2.45, 2.75) is 25.5 Å². The predicted octanol–water partition coefficient (Wildman–Crippen LogP) is 5.40. The van der Waals surface area contributed by atoms with E-state index in [2.05, 4.69) is 4.98 Å². The Hall–Kier alpha value is -2.87. The molecular weight excluding hydrogens is 471 g/mol. The molecule has 0 aliphatic carbocycles. The number of aliphatic hydroxyl groups excluding tert-OH is 1. The SMILES string of the molecule is CC1Cc2cc(/C(O)=C3/C(=O)C(=O)N(c4nccs4)C3c3ccc(Cl)c(Cl)c3)ccc2O1. The number of carbonyl (C=O) groups is 2. The first-order valence-electron chi connectivity index (χ1n) is 9.80. The summed E-state index contributed by atoms with van der Waals surface area (Å²) in [5, 5.41) is 13.9. The molecule has 162 valence electrons. The molecule has 2 aliphatic rings. The fourth-order valence-electron chi connectivity index (χ4n) is 4.09. The van der Waals surface area contributed by atoms with E-state index in [1.54, 1.807) is 48.0 Å². The van der Waals surface area contributed by atoms with Gasteiger partial charge >= 0.3 is 5.91 Å². The Bertz CT molecular complexity index is 1290. The van der Waals surface area contributed by atoms with Crippen LogP contribution in [0, 0.1) is 0 Å². The monoisotopic (exact) mass is 486 g/mol. The molecule has 1 amide bonds. The minimum atomic E-state index is -0.903. The Morgan fingerprint density at radius 2 is 2.00 bits per heavy atom. The highest BCUT2D eigenvalue weighted by molar-refractivity contribution is 7.14. The summed E-state index contributed by atoms with van der Waals surface area (Å²) < 4.78 is 5.72. The van der Waals surface area contributed by atoms with Gasteiger partial charge in [0, 0.05) is 23.6 Å². The number of carbonyl (C=O) groups excluding carboxylic acids is 2. The van der Waals surface area contributed by atoms with E-state index in [1.807, 2.05) is 6.92 Å². The van der Waals surface area contributed by atoms with Crippen molar-refractivity contribution >= 4 is 57.1 Å². The van der Waals surface area contributed by atoms with Crippen LogP contribution in [-0.4, -0.2) is 27.9 Å². The summed E-state index contributed by atoms with van der Waals surface area (Å²) in [6.45, 7) is 1.96. The number of aliphatic hydroxyl groups is 1. The first kappa shape index (κ1) is 21.0. The number of ketones is 1. The molecule has 5 rings (SSSR count). The number of halogens is 2. The Morgan fingerprint density at radius 1 is 1.19 bits per heavy atom. The van der Waals surface area contributed by atoms with Crippen molar-refractivity contribution in [2.24, 2.45) is 0 Å². The lowest BCUT2D eigenvalue weighted by molar-refractivity contribution is -0.132. The molecule has 3 aromatic rings. The summed E-state index contributed by atoms with van der Waals surface area (Å²) in [6, 6.07) is 9.18. The number of nitrogens with zero attached hydrogens (tertiary/aromatic N) is 2. The van der Waals surface area contributed by atoms with E-state index in [0.717, 1.165) is 11.3 Å². The molecule has 0 radical (unpaired) electrons. The van der Waals surface area contributed by atoms with Crippen LogP contribution in [0.3, 0.4) is 0 Å². The third kappa shape index (κ3) is 3.37. The summed E-state index contributed by atoms with van der Waals surface area (Å²) >= 11 is 13.5. The highest BCUT2D eigenvalue weighted by Gasteiger charge is 2.48. The molecular formula is C23H16Cl2N2O4S. The van der Waals surface area contributed by atoms with Gasteiger partial charge in [0.1, 0.15) is 17.6 Å². The van der Waals surface area contributed by atoms with Gasteiger partial charge in [-0.25, -0.2) is 4.98 Å². The zero-order valence-electron chi connectivity index (χ0n) is 16.7. The number of fused-ring (bicyclic) bond motifs is 1. The molecule has 1 N–H and O–H groups in total. The Balaban J connectivity index is 1.70. The highest BCUT2D eigenvalue weighted by Crippen LogP contribution is 2.44. The topological polar surface area (TPSA) is 79.7 Å². The van der Waals surface area contributed by atoms with E-state index in [0.29, 0.717) is 27.7 Å². The van der Waals surface area contributed by atoms with E-state index in [-0.39, 0.29) is 22.5 Å². The maximum Gasteiger partial charge on any atom is 0.301 e. The smallest absolute Gasteiger partial charge is 0.301 e. The number of amides is 1. The molecule has 2 aliphatic heterocycles. The molecule has 0 bridgehead atoms. The molecule has 2 aromatic carbocycles. The van der Waals surface area contributed by atoms with Crippen LogP contribution >= 0.6 is 34.5 Å². The van der Waals surface area contributed by atoms with E-state index in [1.165, 1.54) is 16.2 Å². The number of rotatable bonds is 3. The van der Waals surface area contributed by atoms with Crippen LogP contribution in [-0.2, 0) is 16.0 Å². The zero-order chi connectivity index (χ0) is 22.6. The maximum absolute atomic E-state index is 13.1. The number of Topliss-reactive ketones (excluding diaryl/α,β-unsaturated/α-hetero) is 1. The average molecular weight is 487 g/mol. The molecule has 1 fully saturated rings. The fourth-order valence-corrected chi connectivity index (χ4v) is 5.06. The Kier molecular flexibility index (Phi) is 5.20. The molecule has 9 heteroatoms. The minimum Gasteiger partial charge on any atom is -0.507 e. The number of thiazole rings is 1. The van der Waals surface area contributed by atoms with Gasteiger partial charge in [0.05, 0.1) is 21.7 Å². The first-order chi connectivity index (χ1) is 15.3. The molecule has 2 atom stereocenters. The zero-order valence-corrected chi connectivity index (χ0v) is 19.0. The molecule has 32 heavy (non-hydrogen) atoms. The lowest BCUT2D eigenvalue weighted by Crippen LogP contribution is -2.29. The first-order valence-corrected chi connectivity index (χ1v) is 11.4. The van der Waals surface area contributed by atoms with E-state index in [9.17, 15) is 14.7 Å². The Labute approximate surface area is 197 Å². The van der Waals surface area contributed by atoms with Gasteiger partial charge in [-0.05, 0) is 48.4 Å². The van der Waals surface area contributed by atoms with Crippen molar-refractivity contribution in [1.82, 2.24) is 4.98 Å². The second-order valence-corrected chi connectivity index (χ2v) is 9.30. The van der Waals surface area contributed by atoms with Gasteiger partial charge in [0.2, 0.25) is 0 Å². The molecule has 1 aromatic heterocycles. The van der Waals surface area contributed by atoms with Crippen molar-refractivity contribution in [3.05, 3.63) is 80.3 Å². The van der Waals surface area contributed by atoms with E-state index >= 15 is 0 Å². The quantitative estimate of drug-likeness (QED) is 0.304. The van der Waals surface area contributed by atoms with Gasteiger partial charge in [-0.3, -0.25) is 14.5 Å². The van der Waals surface area contributed by atoms with E-state index < -0.39 is 17.7 Å². The largest absolute Gasteiger partial charge is 0.507 e. The highest BCUT2D eigenvalue weighted by atomic mass is 35.5. The van der Waals surface area contributed by atoms with E-state index in [4.69, 9.17) is 27.9 Å². The summed E-state index contributed by atoms with van der Waals surface area (Å²) in [7, 11) is 0. The maximum atomic E-state index is 13.1. The number of anilines is 1. The average Bonchev–Trinajstić information content (AvgIpc) is 3.47. The lowest BCUT2D eigenvalue weighted by atomic mass is 9.94. The summed E-state index contributed by atoms with van der Waals surface area (Å²) in [6.07, 6.45) is 2.28. The minimum absolute atomic E-state index is 0.0319. The standard InChI is InChI=1S/C23H16Cl2N2O4S/c1-11-8-14-9-13(3-5-17(14)31-11)20(28)18-19(12-2-4-15(24)16(25)10-12)27(22(30)21(18)29)23-26-6-7-32-23/h2-7,9-11,19,28H,8H2,1H3/b20-18-. The van der Waals surface area contributed by atoms with Crippen LogP contribution < -0.4 is 9.64 Å². The van der Waals surface area contributed by atoms with Gasteiger partial charge in [0.15, 0.2) is 5.13 Å². The van der Waals surface area contributed by atoms with Crippen molar-refractivity contribution in [2.75, 3.05) is 4.90 Å². The molecule has 2 unspecified atom stereocenters. The van der Waals surface area contributed by atoms with Gasteiger partial charge in [-0.2, -0.15) is 0 Å². The van der Waals surface area contributed by atoms with Gasteiger partial charge in [-0.1, -0.05) is 29.3 Å². The summed E-state index contributed by atoms with van der Waals surface area (Å²) in [5.41, 5.74) is 1.87.